The van der Waals surface area contributed by atoms with Crippen LogP contribution in [0.1, 0.15) is 42.5 Å². The van der Waals surface area contributed by atoms with Crippen LogP contribution in [0.2, 0.25) is 5.02 Å². The van der Waals surface area contributed by atoms with E-state index in [1.165, 1.54) is 6.42 Å². The monoisotopic (exact) mass is 267 g/mol. The minimum atomic E-state index is 0.103. The van der Waals surface area contributed by atoms with Crippen LogP contribution in [0.15, 0.2) is 18.2 Å². The quantitative estimate of drug-likeness (QED) is 0.671. The van der Waals surface area contributed by atoms with Gasteiger partial charge in [-0.05, 0) is 43.9 Å². The van der Waals surface area contributed by atoms with E-state index in [1.54, 1.807) is 18.2 Å². The molecule has 1 fully saturated rings. The Bertz CT molecular complexity index is 428. The van der Waals surface area contributed by atoms with E-state index >= 15 is 0 Å². The Labute approximate surface area is 112 Å². The molecule has 1 aromatic rings. The summed E-state index contributed by atoms with van der Waals surface area (Å²) in [6.45, 7) is 0.826. The van der Waals surface area contributed by atoms with Crippen molar-refractivity contribution in [2.45, 2.75) is 38.2 Å². The van der Waals surface area contributed by atoms with Crippen molar-refractivity contribution in [3.8, 4) is 0 Å². The van der Waals surface area contributed by atoms with Crippen molar-refractivity contribution >= 4 is 23.1 Å². The van der Waals surface area contributed by atoms with Gasteiger partial charge in [0.15, 0.2) is 5.78 Å². The van der Waals surface area contributed by atoms with Crippen molar-refractivity contribution in [2.24, 2.45) is 0 Å². The average molecular weight is 268 g/mol. The first-order valence-electron chi connectivity index (χ1n) is 6.36. The molecule has 18 heavy (non-hydrogen) atoms. The molecule has 1 heterocycles. The van der Waals surface area contributed by atoms with Crippen LogP contribution in [0.5, 0.6) is 0 Å². The lowest BCUT2D eigenvalue weighted by molar-refractivity contribution is 0.0104. The summed E-state index contributed by atoms with van der Waals surface area (Å²) in [5, 5.41) is 0.440. The normalized spacial score (nSPS) is 19.7. The zero-order chi connectivity index (χ0) is 13.0. The minimum Gasteiger partial charge on any atom is -0.398 e. The number of ketones is 1. The van der Waals surface area contributed by atoms with Crippen LogP contribution in [0.4, 0.5) is 5.69 Å². The van der Waals surface area contributed by atoms with Gasteiger partial charge in [0.25, 0.3) is 0 Å². The van der Waals surface area contributed by atoms with Crippen LogP contribution in [0.25, 0.3) is 0 Å². The van der Waals surface area contributed by atoms with E-state index < -0.39 is 0 Å². The molecule has 1 aliphatic rings. The molecule has 1 aromatic carbocycles. The fraction of sp³-hybridized carbons (Fsp3) is 0.500. The largest absolute Gasteiger partial charge is 0.398 e. The predicted molar refractivity (Wildman–Crippen MR) is 73.0 cm³/mol. The fourth-order valence-electron chi connectivity index (χ4n) is 2.17. The molecule has 0 aromatic heterocycles. The molecule has 4 heteroatoms. The molecule has 3 nitrogen and oxygen atoms in total. The number of anilines is 1. The van der Waals surface area contributed by atoms with Crippen LogP contribution in [-0.4, -0.2) is 18.5 Å². The Kier molecular flexibility index (Phi) is 4.61. The van der Waals surface area contributed by atoms with Crippen molar-refractivity contribution in [2.75, 3.05) is 12.3 Å². The third kappa shape index (κ3) is 3.47. The predicted octanol–water partition coefficient (Wildman–Crippen LogP) is 3.45. The van der Waals surface area contributed by atoms with Gasteiger partial charge in [-0.1, -0.05) is 11.6 Å². The van der Waals surface area contributed by atoms with E-state index in [9.17, 15) is 4.79 Å². The number of Topliss-reactive ketones (excluding diaryl/α,β-unsaturated/α-hetero) is 1. The molecule has 0 amide bonds. The van der Waals surface area contributed by atoms with Gasteiger partial charge in [0.1, 0.15) is 0 Å². The lowest BCUT2D eigenvalue weighted by atomic mass is 10.00. The van der Waals surface area contributed by atoms with Crippen molar-refractivity contribution in [1.29, 1.82) is 0 Å². The van der Waals surface area contributed by atoms with Crippen molar-refractivity contribution in [3.63, 3.8) is 0 Å². The first-order chi connectivity index (χ1) is 8.66. The molecule has 0 saturated carbocycles. The number of hydrogen-bond donors (Lipinski definition) is 1. The third-order valence-corrected chi connectivity index (χ3v) is 3.62. The van der Waals surface area contributed by atoms with Crippen LogP contribution < -0.4 is 5.73 Å². The van der Waals surface area contributed by atoms with Gasteiger partial charge < -0.3 is 10.5 Å². The fourth-order valence-corrected chi connectivity index (χ4v) is 2.35. The van der Waals surface area contributed by atoms with E-state index in [1.807, 2.05) is 0 Å². The van der Waals surface area contributed by atoms with Gasteiger partial charge in [-0.3, -0.25) is 4.79 Å². The summed E-state index contributed by atoms with van der Waals surface area (Å²) in [5.41, 5.74) is 6.75. The Morgan fingerprint density at radius 1 is 1.44 bits per heavy atom. The van der Waals surface area contributed by atoms with E-state index in [0.717, 1.165) is 25.9 Å². The van der Waals surface area contributed by atoms with Gasteiger partial charge in [-0.15, -0.1) is 0 Å². The summed E-state index contributed by atoms with van der Waals surface area (Å²) in [6.07, 6.45) is 4.94. The second kappa shape index (κ2) is 6.21. The molecular weight excluding hydrogens is 250 g/mol. The second-order valence-corrected chi connectivity index (χ2v) is 5.09. The summed E-state index contributed by atoms with van der Waals surface area (Å²) in [4.78, 5) is 12.0. The molecular formula is C14H18ClNO2. The maximum absolute atomic E-state index is 12.0. The molecule has 0 aliphatic carbocycles. The molecule has 1 saturated heterocycles. The minimum absolute atomic E-state index is 0.103. The number of hydrogen-bond acceptors (Lipinski definition) is 3. The summed E-state index contributed by atoms with van der Waals surface area (Å²) >= 11 is 5.90. The topological polar surface area (TPSA) is 52.3 Å². The number of ether oxygens (including phenoxy) is 1. The Morgan fingerprint density at radius 2 is 2.28 bits per heavy atom. The Hall–Kier alpha value is -1.06. The summed E-state index contributed by atoms with van der Waals surface area (Å²) in [6, 6.07) is 5.04. The molecule has 0 spiro atoms. The van der Waals surface area contributed by atoms with Crippen molar-refractivity contribution in [1.82, 2.24) is 0 Å². The zero-order valence-electron chi connectivity index (χ0n) is 10.3. The van der Waals surface area contributed by atoms with Gasteiger partial charge in [0, 0.05) is 18.6 Å². The highest BCUT2D eigenvalue weighted by Crippen LogP contribution is 2.22. The van der Waals surface area contributed by atoms with E-state index in [4.69, 9.17) is 22.1 Å². The maximum Gasteiger partial charge on any atom is 0.163 e. The van der Waals surface area contributed by atoms with Gasteiger partial charge in [-0.25, -0.2) is 0 Å². The molecule has 1 atom stereocenters. The van der Waals surface area contributed by atoms with E-state index in [-0.39, 0.29) is 11.9 Å². The molecule has 2 rings (SSSR count). The van der Waals surface area contributed by atoms with Crippen LogP contribution in [0.3, 0.4) is 0 Å². The summed E-state index contributed by atoms with van der Waals surface area (Å²) in [5.74, 6) is 0.103. The van der Waals surface area contributed by atoms with Crippen LogP contribution in [0, 0.1) is 0 Å². The highest BCUT2D eigenvalue weighted by Gasteiger charge is 2.16. The van der Waals surface area contributed by atoms with E-state index in [0.29, 0.717) is 22.7 Å². The Morgan fingerprint density at radius 3 is 2.94 bits per heavy atom. The lowest BCUT2D eigenvalue weighted by Gasteiger charge is -2.22. The van der Waals surface area contributed by atoms with Crippen LogP contribution >= 0.6 is 11.6 Å². The first kappa shape index (κ1) is 13.4. The number of benzene rings is 1. The molecule has 1 aliphatic heterocycles. The highest BCUT2D eigenvalue weighted by molar-refractivity contribution is 6.33. The third-order valence-electron chi connectivity index (χ3n) is 3.29. The molecule has 0 radical (unpaired) electrons. The molecule has 98 valence electrons. The average Bonchev–Trinajstić information content (AvgIpc) is 2.40. The van der Waals surface area contributed by atoms with Crippen molar-refractivity contribution < 1.29 is 9.53 Å². The number of nitrogens with two attached hydrogens (primary N) is 1. The number of carbonyl (C=O) groups excluding carboxylic acids is 1. The highest BCUT2D eigenvalue weighted by atomic mass is 35.5. The van der Waals surface area contributed by atoms with Crippen molar-refractivity contribution in [3.05, 3.63) is 28.8 Å². The number of rotatable bonds is 4. The molecule has 2 N–H and O–H groups in total. The second-order valence-electron chi connectivity index (χ2n) is 4.69. The number of carbonyl (C=O) groups is 1. The standard InChI is InChI=1S/C14H18ClNO2/c15-12-9-10(4-6-13(12)16)14(17)7-5-11-3-1-2-8-18-11/h4,6,9,11H,1-3,5,7-8,16H2. The van der Waals surface area contributed by atoms with Gasteiger partial charge >= 0.3 is 0 Å². The zero-order valence-corrected chi connectivity index (χ0v) is 11.1. The molecule has 0 bridgehead atoms. The van der Waals surface area contributed by atoms with Crippen LogP contribution in [-0.2, 0) is 4.74 Å². The smallest absolute Gasteiger partial charge is 0.163 e. The maximum atomic E-state index is 12.0. The van der Waals surface area contributed by atoms with Gasteiger partial charge in [0.05, 0.1) is 16.8 Å². The summed E-state index contributed by atoms with van der Waals surface area (Å²) in [7, 11) is 0. The number of halogens is 1. The van der Waals surface area contributed by atoms with Gasteiger partial charge in [0.2, 0.25) is 0 Å². The first-order valence-corrected chi connectivity index (χ1v) is 6.74. The molecule has 1 unspecified atom stereocenters. The van der Waals surface area contributed by atoms with E-state index in [2.05, 4.69) is 0 Å². The van der Waals surface area contributed by atoms with Gasteiger partial charge in [-0.2, -0.15) is 0 Å². The lowest BCUT2D eigenvalue weighted by Crippen LogP contribution is -2.20. The Balaban J connectivity index is 1.88. The SMILES string of the molecule is Nc1ccc(C(=O)CCC2CCCCO2)cc1Cl. The summed E-state index contributed by atoms with van der Waals surface area (Å²) < 4.78 is 5.61. The number of nitrogen functional groups attached to an aromatic ring is 1.